The lowest BCUT2D eigenvalue weighted by Gasteiger charge is -2.52. The average molecular weight is 444 g/mol. The summed E-state index contributed by atoms with van der Waals surface area (Å²) in [6.07, 6.45) is 2.68. The van der Waals surface area contributed by atoms with Crippen molar-refractivity contribution in [3.05, 3.63) is 34.3 Å². The summed E-state index contributed by atoms with van der Waals surface area (Å²) in [4.78, 5) is 47.7. The van der Waals surface area contributed by atoms with Gasteiger partial charge >= 0.3 is 5.97 Å². The van der Waals surface area contributed by atoms with Gasteiger partial charge in [0.05, 0.1) is 19.1 Å². The maximum absolute atomic E-state index is 13.6. The standard InChI is InChI=1S/C22H24O6.C2H4O2/c1-10-7-21(2)12(5-6-13(21)23)15-16(10)22(3)14(9-26-4)28-20(25)11-8-27-19(17(11)22)18(15)24;1-4-2-3/h8,10,12,14H,5-7,9H2,1-4H3;2H,1H3/t10-,12?,14-,21?,22?;/m1./s1. The van der Waals surface area contributed by atoms with Gasteiger partial charge in [0, 0.05) is 36.0 Å². The summed E-state index contributed by atoms with van der Waals surface area (Å²) in [7, 11) is 2.89. The van der Waals surface area contributed by atoms with E-state index in [-0.39, 0.29) is 35.8 Å². The third kappa shape index (κ3) is 2.78. The largest absolute Gasteiger partial charge is 0.471 e. The Morgan fingerprint density at radius 1 is 1.22 bits per heavy atom. The molecule has 8 nitrogen and oxygen atoms in total. The lowest BCUT2D eigenvalue weighted by molar-refractivity contribution is -0.127. The fraction of sp³-hybridized carbons (Fsp3) is 0.583. The van der Waals surface area contributed by atoms with Crippen molar-refractivity contribution < 1.29 is 37.8 Å². The van der Waals surface area contributed by atoms with Gasteiger partial charge in [-0.3, -0.25) is 14.4 Å². The van der Waals surface area contributed by atoms with E-state index in [1.165, 1.54) is 13.4 Å². The highest BCUT2D eigenvalue weighted by atomic mass is 16.6. The molecular weight excluding hydrogens is 416 g/mol. The minimum atomic E-state index is -0.697. The van der Waals surface area contributed by atoms with E-state index in [0.29, 0.717) is 42.4 Å². The number of hydrogen-bond acceptors (Lipinski definition) is 8. The van der Waals surface area contributed by atoms with Gasteiger partial charge in [-0.05, 0) is 31.3 Å². The normalized spacial score (nSPS) is 34.7. The van der Waals surface area contributed by atoms with Gasteiger partial charge in [0.25, 0.3) is 6.47 Å². The maximum Gasteiger partial charge on any atom is 0.342 e. The minimum absolute atomic E-state index is 0.0132. The molecule has 5 rings (SSSR count). The molecule has 0 aromatic carbocycles. The molecule has 1 saturated carbocycles. The molecule has 3 unspecified atom stereocenters. The maximum atomic E-state index is 13.6. The van der Waals surface area contributed by atoms with E-state index >= 15 is 0 Å². The van der Waals surface area contributed by atoms with Crippen molar-refractivity contribution in [2.24, 2.45) is 17.3 Å². The van der Waals surface area contributed by atoms with Gasteiger partial charge in [0.1, 0.15) is 23.7 Å². The molecule has 8 heteroatoms. The van der Waals surface area contributed by atoms with Crippen LogP contribution >= 0.6 is 0 Å². The van der Waals surface area contributed by atoms with Gasteiger partial charge < -0.3 is 18.6 Å². The quantitative estimate of drug-likeness (QED) is 0.517. The molecule has 3 aliphatic carbocycles. The molecular formula is C24H28O8. The summed E-state index contributed by atoms with van der Waals surface area (Å²) in [5, 5.41) is 0. The van der Waals surface area contributed by atoms with Crippen LogP contribution in [-0.4, -0.2) is 50.9 Å². The van der Waals surface area contributed by atoms with Crippen LogP contribution in [0.4, 0.5) is 0 Å². The zero-order valence-corrected chi connectivity index (χ0v) is 19.0. The van der Waals surface area contributed by atoms with Crippen LogP contribution in [0.2, 0.25) is 0 Å². The number of ether oxygens (including phenoxy) is 3. The van der Waals surface area contributed by atoms with E-state index in [2.05, 4.69) is 11.7 Å². The molecule has 0 spiro atoms. The van der Waals surface area contributed by atoms with E-state index in [4.69, 9.17) is 18.7 Å². The number of carbonyl (C=O) groups excluding carboxylic acids is 4. The zero-order chi connectivity index (χ0) is 23.4. The molecule has 5 atom stereocenters. The zero-order valence-electron chi connectivity index (χ0n) is 19.0. The number of ketones is 2. The predicted octanol–water partition coefficient (Wildman–Crippen LogP) is 3.03. The number of hydrogen-bond donors (Lipinski definition) is 0. The lowest BCUT2D eigenvalue weighted by atomic mass is 9.52. The Kier molecular flexibility index (Phi) is 5.40. The van der Waals surface area contributed by atoms with Crippen LogP contribution in [0.5, 0.6) is 0 Å². The van der Waals surface area contributed by atoms with Gasteiger partial charge in [-0.1, -0.05) is 13.8 Å². The highest BCUT2D eigenvalue weighted by Gasteiger charge is 2.62. The van der Waals surface area contributed by atoms with Crippen molar-refractivity contribution in [3.63, 3.8) is 0 Å². The average Bonchev–Trinajstić information content (AvgIpc) is 3.33. The number of fused-ring (bicyclic) bond motifs is 3. The third-order valence-corrected chi connectivity index (χ3v) is 7.78. The molecule has 1 aliphatic heterocycles. The van der Waals surface area contributed by atoms with E-state index in [1.807, 2.05) is 13.8 Å². The smallest absolute Gasteiger partial charge is 0.342 e. The SMILES string of the molecule is COC=O.COC[C@H]1OC(=O)c2coc3c2C1(C)C1=C(C3=O)C2CCC(=O)C2(C)C[C@H]1C. The van der Waals surface area contributed by atoms with Gasteiger partial charge in [-0.2, -0.15) is 0 Å². The molecule has 1 fully saturated rings. The molecule has 0 N–H and O–H groups in total. The number of cyclic esters (lactones) is 1. The highest BCUT2D eigenvalue weighted by Crippen LogP contribution is 2.62. The van der Waals surface area contributed by atoms with Crippen molar-refractivity contribution in [1.82, 2.24) is 0 Å². The molecule has 172 valence electrons. The summed E-state index contributed by atoms with van der Waals surface area (Å²) < 4.78 is 20.6. The number of methoxy groups -OCH3 is 2. The number of Topliss-reactive ketones (excluding diaryl/α,β-unsaturated/α-hetero) is 2. The highest BCUT2D eigenvalue weighted by molar-refractivity contribution is 6.14. The molecule has 0 saturated heterocycles. The summed E-state index contributed by atoms with van der Waals surface area (Å²) >= 11 is 0. The Hall–Kier alpha value is -2.74. The van der Waals surface area contributed by atoms with Gasteiger partial charge in [0.15, 0.2) is 5.76 Å². The topological polar surface area (TPSA) is 109 Å². The summed E-state index contributed by atoms with van der Waals surface area (Å²) in [5.41, 5.74) is 1.46. The predicted molar refractivity (Wildman–Crippen MR) is 111 cm³/mol. The molecule has 0 amide bonds. The van der Waals surface area contributed by atoms with E-state index in [9.17, 15) is 14.4 Å². The van der Waals surface area contributed by atoms with Gasteiger partial charge in [-0.25, -0.2) is 4.79 Å². The van der Waals surface area contributed by atoms with Crippen molar-refractivity contribution in [1.29, 1.82) is 0 Å². The van der Waals surface area contributed by atoms with E-state index in [0.717, 1.165) is 5.57 Å². The number of esters is 1. The molecule has 2 heterocycles. The van der Waals surface area contributed by atoms with Crippen LogP contribution in [0.3, 0.4) is 0 Å². The summed E-state index contributed by atoms with van der Waals surface area (Å²) in [6.45, 7) is 6.70. The van der Waals surface area contributed by atoms with Gasteiger partial charge in [0.2, 0.25) is 5.78 Å². The Labute approximate surface area is 186 Å². The van der Waals surface area contributed by atoms with Crippen molar-refractivity contribution in [2.75, 3.05) is 20.8 Å². The third-order valence-electron chi connectivity index (χ3n) is 7.78. The fourth-order valence-corrected chi connectivity index (χ4v) is 6.50. The number of furan rings is 1. The number of allylic oxidation sites excluding steroid dienone is 1. The first-order chi connectivity index (χ1) is 15.2. The van der Waals surface area contributed by atoms with Crippen molar-refractivity contribution >= 4 is 24.0 Å². The second kappa shape index (κ2) is 7.69. The van der Waals surface area contributed by atoms with Crippen LogP contribution in [0.25, 0.3) is 0 Å². The second-order valence-corrected chi connectivity index (χ2v) is 9.43. The first kappa shape index (κ1) is 22.5. The van der Waals surface area contributed by atoms with Crippen LogP contribution in [0.15, 0.2) is 21.8 Å². The summed E-state index contributed by atoms with van der Waals surface area (Å²) in [5.74, 6) is -0.284. The Balaban J connectivity index is 0.000000567. The molecule has 1 aromatic heterocycles. The fourth-order valence-electron chi connectivity index (χ4n) is 6.50. The van der Waals surface area contributed by atoms with Crippen LogP contribution in [0.1, 0.15) is 66.5 Å². The lowest BCUT2D eigenvalue weighted by Crippen LogP contribution is -2.55. The number of rotatable bonds is 3. The molecule has 0 bridgehead atoms. The molecule has 32 heavy (non-hydrogen) atoms. The Morgan fingerprint density at radius 2 is 1.91 bits per heavy atom. The molecule has 1 aromatic rings. The van der Waals surface area contributed by atoms with Crippen molar-refractivity contribution in [2.45, 2.75) is 51.6 Å². The molecule has 0 radical (unpaired) electrons. The minimum Gasteiger partial charge on any atom is -0.471 e. The Morgan fingerprint density at radius 3 is 2.53 bits per heavy atom. The Bertz CT molecular complexity index is 1030. The monoisotopic (exact) mass is 444 g/mol. The first-order valence-electron chi connectivity index (χ1n) is 10.8. The molecule has 4 aliphatic rings. The van der Waals surface area contributed by atoms with E-state index in [1.54, 1.807) is 7.11 Å². The van der Waals surface area contributed by atoms with Crippen LogP contribution in [0, 0.1) is 17.3 Å². The van der Waals surface area contributed by atoms with E-state index < -0.39 is 22.9 Å². The number of carbonyl (C=O) groups is 4. The van der Waals surface area contributed by atoms with Gasteiger partial charge in [-0.15, -0.1) is 0 Å². The van der Waals surface area contributed by atoms with Crippen LogP contribution in [-0.2, 0) is 29.2 Å². The second-order valence-electron chi connectivity index (χ2n) is 9.43. The first-order valence-corrected chi connectivity index (χ1v) is 10.8. The summed E-state index contributed by atoms with van der Waals surface area (Å²) in [6, 6.07) is 0. The van der Waals surface area contributed by atoms with Crippen molar-refractivity contribution in [3.8, 4) is 0 Å². The van der Waals surface area contributed by atoms with Crippen LogP contribution < -0.4 is 0 Å².